The van der Waals surface area contributed by atoms with Gasteiger partial charge in [0.2, 0.25) is 29.5 Å². The third kappa shape index (κ3) is 14.5. The number of nitrogens with zero attached hydrogens (tertiary/aromatic N) is 1. The third-order valence-corrected chi connectivity index (χ3v) is 5.71. The van der Waals surface area contributed by atoms with E-state index in [9.17, 15) is 33.6 Å². The van der Waals surface area contributed by atoms with Crippen molar-refractivity contribution in [2.45, 2.75) is 75.9 Å². The summed E-state index contributed by atoms with van der Waals surface area (Å²) >= 11 is 0. The molecule has 5 amide bonds. The Balaban J connectivity index is 3.13. The fourth-order valence-electron chi connectivity index (χ4n) is 3.69. The summed E-state index contributed by atoms with van der Waals surface area (Å²) in [5.41, 5.74) is 10.6. The summed E-state index contributed by atoms with van der Waals surface area (Å²) in [6.07, 6.45) is 0.276. The lowest BCUT2D eigenvalue weighted by Crippen LogP contribution is -2.55. The van der Waals surface area contributed by atoms with Gasteiger partial charge in [0.1, 0.15) is 18.1 Å². The van der Waals surface area contributed by atoms with Crippen molar-refractivity contribution in [3.05, 3.63) is 0 Å². The molecule has 1 fully saturated rings. The van der Waals surface area contributed by atoms with Gasteiger partial charge in [0, 0.05) is 25.9 Å². The summed E-state index contributed by atoms with van der Waals surface area (Å²) in [6.45, 7) is -0.357. The van der Waals surface area contributed by atoms with Crippen LogP contribution in [-0.4, -0.2) is 95.4 Å². The first kappa shape index (κ1) is 33.6. The summed E-state index contributed by atoms with van der Waals surface area (Å²) in [5, 5.41) is 30.3. The van der Waals surface area contributed by atoms with Gasteiger partial charge in [-0.3, -0.25) is 38.6 Å². The molecule has 1 aliphatic rings. The van der Waals surface area contributed by atoms with Crippen LogP contribution in [0.25, 0.3) is 0 Å². The van der Waals surface area contributed by atoms with Crippen LogP contribution in [0, 0.1) is 0 Å². The van der Waals surface area contributed by atoms with Gasteiger partial charge >= 0.3 is 11.9 Å². The highest BCUT2D eigenvalue weighted by Gasteiger charge is 2.28. The standard InChI is InChI=1S/C23H38N8O9/c24-23(25)27-10-4-5-13-20(38)28-12-17(33)30-15(11-19(36)37)21(39)26-9-3-1-2-6-16(32)29-14(22(40)31-13)7-8-18(34)35/h13-15H,1-12H2,(H,26,39)(H,28,38)(H,29,32)(H,30,33)(H,31,40)(H,34,35)(H,36,37)(H4,24,25,27)/t13-,14-,15-/m0/s1. The van der Waals surface area contributed by atoms with Crippen LogP contribution in [0.2, 0.25) is 0 Å². The van der Waals surface area contributed by atoms with Gasteiger partial charge in [-0.2, -0.15) is 0 Å². The minimum absolute atomic E-state index is 0.0135. The second kappa shape index (κ2) is 18.0. The quantitative estimate of drug-likeness (QED) is 0.0749. The first-order chi connectivity index (χ1) is 18.9. The second-order valence-electron chi connectivity index (χ2n) is 9.10. The minimum atomic E-state index is -1.39. The SMILES string of the molecule is NC(N)=NCCC[C@@H]1NC(=O)[C@H](CCC(=O)O)NC(=O)CCCCCNC(=O)[C@H](CC(=O)O)NC(=O)CNC1=O. The molecule has 0 aliphatic carbocycles. The molecular weight excluding hydrogens is 532 g/mol. The zero-order valence-electron chi connectivity index (χ0n) is 22.1. The monoisotopic (exact) mass is 570 g/mol. The van der Waals surface area contributed by atoms with Gasteiger partial charge in [0.25, 0.3) is 0 Å². The van der Waals surface area contributed by atoms with E-state index in [0.29, 0.717) is 19.3 Å². The molecule has 0 aromatic carbocycles. The first-order valence-electron chi connectivity index (χ1n) is 12.8. The molecule has 0 saturated carbocycles. The number of carboxylic acid groups (broad SMARTS) is 2. The molecule has 1 rings (SSSR count). The highest BCUT2D eigenvalue weighted by molar-refractivity contribution is 5.95. The van der Waals surface area contributed by atoms with E-state index in [1.165, 1.54) is 0 Å². The smallest absolute Gasteiger partial charge is 0.305 e. The van der Waals surface area contributed by atoms with E-state index in [0.717, 1.165) is 0 Å². The third-order valence-electron chi connectivity index (χ3n) is 5.71. The van der Waals surface area contributed by atoms with Gasteiger partial charge in [0.05, 0.1) is 13.0 Å². The fraction of sp³-hybridized carbons (Fsp3) is 0.652. The normalized spacial score (nSPS) is 22.1. The maximum absolute atomic E-state index is 13.0. The van der Waals surface area contributed by atoms with Crippen LogP contribution in [0.4, 0.5) is 0 Å². The number of nitrogens with two attached hydrogens (primary N) is 2. The van der Waals surface area contributed by atoms with E-state index in [4.69, 9.17) is 21.7 Å². The van der Waals surface area contributed by atoms with Crippen LogP contribution >= 0.6 is 0 Å². The number of carbonyl (C=O) groups is 7. The second-order valence-corrected chi connectivity index (χ2v) is 9.10. The lowest BCUT2D eigenvalue weighted by atomic mass is 10.1. The Morgan fingerprint density at radius 1 is 0.775 bits per heavy atom. The Hall–Kier alpha value is -4.44. The molecule has 0 bridgehead atoms. The molecule has 0 unspecified atom stereocenters. The molecule has 0 radical (unpaired) electrons. The van der Waals surface area contributed by atoms with Crippen molar-refractivity contribution in [1.29, 1.82) is 0 Å². The van der Waals surface area contributed by atoms with Crippen LogP contribution in [0.15, 0.2) is 4.99 Å². The van der Waals surface area contributed by atoms with E-state index in [-0.39, 0.29) is 44.7 Å². The number of carbonyl (C=O) groups excluding carboxylic acids is 5. The van der Waals surface area contributed by atoms with E-state index < -0.39 is 79.0 Å². The largest absolute Gasteiger partial charge is 0.481 e. The number of nitrogens with one attached hydrogen (secondary N) is 5. The number of hydrogen-bond donors (Lipinski definition) is 9. The zero-order chi connectivity index (χ0) is 30.1. The van der Waals surface area contributed by atoms with E-state index in [1.807, 2.05) is 0 Å². The average Bonchev–Trinajstić information content (AvgIpc) is 2.87. The maximum Gasteiger partial charge on any atom is 0.305 e. The summed E-state index contributed by atoms with van der Waals surface area (Å²) in [6, 6.07) is -3.85. The molecule has 0 aromatic heterocycles. The Morgan fingerprint density at radius 3 is 2.08 bits per heavy atom. The van der Waals surface area contributed by atoms with Crippen LogP contribution in [0.3, 0.4) is 0 Å². The topological polar surface area (TPSA) is 284 Å². The molecule has 1 saturated heterocycles. The van der Waals surface area contributed by atoms with Crippen LogP contribution < -0.4 is 38.1 Å². The molecule has 17 nitrogen and oxygen atoms in total. The molecule has 224 valence electrons. The number of aliphatic imine (C=N–C) groups is 1. The highest BCUT2D eigenvalue weighted by atomic mass is 16.4. The zero-order valence-corrected chi connectivity index (χ0v) is 22.1. The van der Waals surface area contributed by atoms with Gasteiger partial charge in [-0.05, 0) is 32.1 Å². The number of amides is 5. The number of hydrogen-bond acceptors (Lipinski definition) is 8. The van der Waals surface area contributed by atoms with Gasteiger partial charge in [-0.15, -0.1) is 0 Å². The molecule has 11 N–H and O–H groups in total. The van der Waals surface area contributed by atoms with Gasteiger partial charge in [-0.25, -0.2) is 0 Å². The summed E-state index contributed by atoms with van der Waals surface area (Å²) in [5.74, 6) is -6.34. The lowest BCUT2D eigenvalue weighted by molar-refractivity contribution is -0.140. The average molecular weight is 571 g/mol. The summed E-state index contributed by atoms with van der Waals surface area (Å²) in [4.78, 5) is 89.3. The summed E-state index contributed by atoms with van der Waals surface area (Å²) in [7, 11) is 0. The number of carboxylic acids is 2. The van der Waals surface area contributed by atoms with Crippen molar-refractivity contribution in [3.63, 3.8) is 0 Å². The van der Waals surface area contributed by atoms with Crippen molar-refractivity contribution in [1.82, 2.24) is 26.6 Å². The van der Waals surface area contributed by atoms with Gasteiger partial charge in [0.15, 0.2) is 5.96 Å². The summed E-state index contributed by atoms with van der Waals surface area (Å²) < 4.78 is 0. The van der Waals surface area contributed by atoms with Crippen molar-refractivity contribution in [2.24, 2.45) is 16.5 Å². The van der Waals surface area contributed by atoms with Gasteiger partial charge < -0.3 is 48.3 Å². The minimum Gasteiger partial charge on any atom is -0.481 e. The van der Waals surface area contributed by atoms with Crippen molar-refractivity contribution >= 4 is 47.4 Å². The van der Waals surface area contributed by atoms with Crippen LogP contribution in [0.1, 0.15) is 57.8 Å². The predicted molar refractivity (Wildman–Crippen MR) is 139 cm³/mol. The molecule has 1 aliphatic heterocycles. The first-order valence-corrected chi connectivity index (χ1v) is 12.8. The number of rotatable bonds is 9. The number of guanidine groups is 1. The van der Waals surface area contributed by atoms with Crippen LogP contribution in [0.5, 0.6) is 0 Å². The maximum atomic E-state index is 13.0. The van der Waals surface area contributed by atoms with Crippen molar-refractivity contribution < 1.29 is 43.8 Å². The van der Waals surface area contributed by atoms with E-state index in [2.05, 4.69) is 31.6 Å². The van der Waals surface area contributed by atoms with Crippen LogP contribution in [-0.2, 0) is 33.6 Å². The Morgan fingerprint density at radius 2 is 1.43 bits per heavy atom. The van der Waals surface area contributed by atoms with Crippen molar-refractivity contribution in [2.75, 3.05) is 19.6 Å². The molecule has 1 heterocycles. The fourth-order valence-corrected chi connectivity index (χ4v) is 3.69. The highest BCUT2D eigenvalue weighted by Crippen LogP contribution is 2.06. The Labute approximate surface area is 230 Å². The molecule has 17 heteroatoms. The van der Waals surface area contributed by atoms with E-state index >= 15 is 0 Å². The molecule has 40 heavy (non-hydrogen) atoms. The number of aliphatic carboxylic acids is 2. The lowest BCUT2D eigenvalue weighted by Gasteiger charge is -2.23. The van der Waals surface area contributed by atoms with Crippen molar-refractivity contribution in [3.8, 4) is 0 Å². The predicted octanol–water partition coefficient (Wildman–Crippen LogP) is -3.36. The van der Waals surface area contributed by atoms with E-state index in [1.54, 1.807) is 0 Å². The molecule has 0 aromatic rings. The molecule has 0 spiro atoms. The Kier molecular flexibility index (Phi) is 15.1. The molecular formula is C23H38N8O9. The Bertz CT molecular complexity index is 968. The van der Waals surface area contributed by atoms with Gasteiger partial charge in [-0.1, -0.05) is 6.42 Å². The molecule has 3 atom stereocenters.